The Bertz CT molecular complexity index is 1940. The molecule has 23 nitrogen and oxygen atoms in total. The number of benzene rings is 1. The molecule has 0 heterocycles. The smallest absolute Gasteiger partial charge is 0.305 e. The third-order valence-corrected chi connectivity index (χ3v) is 11.9. The third kappa shape index (κ3) is 22.1. The number of rotatable bonds is 33. The molecule has 0 saturated heterocycles. The van der Waals surface area contributed by atoms with Crippen LogP contribution < -0.4 is 54.0 Å². The van der Waals surface area contributed by atoms with Gasteiger partial charge in [0.05, 0.1) is 31.5 Å². The highest BCUT2D eigenvalue weighted by atomic mass is 32.2. The van der Waals surface area contributed by atoms with Crippen LogP contribution in [0.1, 0.15) is 92.6 Å². The number of carbonyl (C=O) groups is 11. The van der Waals surface area contributed by atoms with Crippen molar-refractivity contribution in [3.05, 3.63) is 35.9 Å². The van der Waals surface area contributed by atoms with Crippen molar-refractivity contribution in [2.24, 2.45) is 29.2 Å². The summed E-state index contributed by atoms with van der Waals surface area (Å²) in [7, 11) is 0. The molecular formula is C46H74N10O13S. The van der Waals surface area contributed by atoms with E-state index in [-0.39, 0.29) is 25.2 Å². The summed E-state index contributed by atoms with van der Waals surface area (Å²) in [5.74, 6) is -10.9. The van der Waals surface area contributed by atoms with Crippen molar-refractivity contribution in [1.82, 2.24) is 42.5 Å². The SMILES string of the molecule is CC[C@H](C)[C@H](NC(=O)[C@H](CO)NC(=O)[C@H](Cc1ccccc1)NC(=O)[C@@H](N)CCSC)C(=O)N[C@@H](CC(=O)O)C(=O)N[C@@H](CC(N)=O)C(=O)N[C@H](C(=O)N[C@@H](CC(C)C)C(=O)N[C@@H](C)C=O)[C@@H](C)CC. The van der Waals surface area contributed by atoms with Gasteiger partial charge < -0.3 is 69.0 Å². The molecule has 0 spiro atoms. The quantitative estimate of drug-likeness (QED) is 0.0335. The largest absolute Gasteiger partial charge is 0.481 e. The van der Waals surface area contributed by atoms with Crippen molar-refractivity contribution in [1.29, 1.82) is 0 Å². The number of carboxylic acid groups (broad SMARTS) is 1. The Hall–Kier alpha value is -6.14. The van der Waals surface area contributed by atoms with Crippen LogP contribution in [0.2, 0.25) is 0 Å². The number of hydrogen-bond acceptors (Lipinski definition) is 14. The van der Waals surface area contributed by atoms with Gasteiger partial charge in [-0.2, -0.15) is 11.8 Å². The predicted molar refractivity (Wildman–Crippen MR) is 260 cm³/mol. The molecule has 14 N–H and O–H groups in total. The van der Waals surface area contributed by atoms with Gasteiger partial charge in [0.25, 0.3) is 0 Å². The first-order valence-corrected chi connectivity index (χ1v) is 24.6. The maximum absolute atomic E-state index is 13.9. The van der Waals surface area contributed by atoms with Crippen LogP contribution in [0.3, 0.4) is 0 Å². The Labute approximate surface area is 413 Å². The Morgan fingerprint density at radius 1 is 0.614 bits per heavy atom. The zero-order chi connectivity index (χ0) is 53.2. The van der Waals surface area contributed by atoms with E-state index in [0.717, 1.165) is 0 Å². The van der Waals surface area contributed by atoms with Crippen LogP contribution in [0.15, 0.2) is 30.3 Å². The van der Waals surface area contributed by atoms with E-state index in [1.165, 1.54) is 18.7 Å². The fourth-order valence-corrected chi connectivity index (χ4v) is 7.23. The number of aliphatic carboxylic acids is 1. The number of nitrogens with two attached hydrogens (primary N) is 2. The highest BCUT2D eigenvalue weighted by molar-refractivity contribution is 7.98. The van der Waals surface area contributed by atoms with E-state index in [0.29, 0.717) is 30.4 Å². The summed E-state index contributed by atoms with van der Waals surface area (Å²) in [5, 5.41) is 39.6. The first kappa shape index (κ1) is 61.9. The van der Waals surface area contributed by atoms with E-state index in [1.807, 2.05) is 6.26 Å². The van der Waals surface area contributed by atoms with Crippen LogP contribution in [0, 0.1) is 17.8 Å². The minimum atomic E-state index is -1.94. The van der Waals surface area contributed by atoms with E-state index < -0.39 is 145 Å². The van der Waals surface area contributed by atoms with Crippen molar-refractivity contribution in [3.63, 3.8) is 0 Å². The molecule has 0 aliphatic rings. The molecule has 0 radical (unpaired) electrons. The minimum absolute atomic E-state index is 0.0171. The topological polar surface area (TPSA) is 377 Å². The maximum Gasteiger partial charge on any atom is 0.305 e. The zero-order valence-electron chi connectivity index (χ0n) is 41.2. The molecule has 0 bridgehead atoms. The molecule has 1 aromatic carbocycles. The van der Waals surface area contributed by atoms with Gasteiger partial charge in [-0.05, 0) is 55.1 Å². The lowest BCUT2D eigenvalue weighted by Crippen LogP contribution is -2.62. The van der Waals surface area contributed by atoms with Gasteiger partial charge in [0.1, 0.15) is 48.6 Å². The molecule has 11 atom stereocenters. The summed E-state index contributed by atoms with van der Waals surface area (Å²) in [6.45, 7) is 10.6. The van der Waals surface area contributed by atoms with Gasteiger partial charge in [-0.3, -0.25) is 47.9 Å². The van der Waals surface area contributed by atoms with Crippen molar-refractivity contribution in [3.8, 4) is 0 Å². The van der Waals surface area contributed by atoms with Gasteiger partial charge in [0.2, 0.25) is 53.2 Å². The Morgan fingerprint density at radius 2 is 1.06 bits per heavy atom. The minimum Gasteiger partial charge on any atom is -0.481 e. The highest BCUT2D eigenvalue weighted by Gasteiger charge is 2.37. The summed E-state index contributed by atoms with van der Waals surface area (Å²) in [6, 6.07) is -3.82. The number of thioether (sulfide) groups is 1. The number of amides is 9. The second-order valence-electron chi connectivity index (χ2n) is 17.6. The van der Waals surface area contributed by atoms with Crippen LogP contribution in [-0.4, -0.2) is 149 Å². The fourth-order valence-electron chi connectivity index (χ4n) is 6.74. The van der Waals surface area contributed by atoms with E-state index in [2.05, 4.69) is 42.5 Å². The normalized spacial score (nSPS) is 15.8. The molecule has 392 valence electrons. The number of aliphatic hydroxyl groups excluding tert-OH is 1. The predicted octanol–water partition coefficient (Wildman–Crippen LogP) is -2.11. The van der Waals surface area contributed by atoms with Gasteiger partial charge in [-0.15, -0.1) is 0 Å². The average molecular weight is 1010 g/mol. The molecule has 0 aliphatic heterocycles. The van der Waals surface area contributed by atoms with E-state index >= 15 is 0 Å². The van der Waals surface area contributed by atoms with Gasteiger partial charge in [0, 0.05) is 6.42 Å². The van der Waals surface area contributed by atoms with Crippen LogP contribution >= 0.6 is 11.8 Å². The van der Waals surface area contributed by atoms with E-state index in [9.17, 15) is 63.0 Å². The Kier molecular flexibility index (Phi) is 28.2. The number of hydrogen-bond donors (Lipinski definition) is 12. The number of nitrogens with one attached hydrogen (secondary N) is 8. The molecule has 0 fully saturated rings. The molecule has 0 aliphatic carbocycles. The molecule has 1 rings (SSSR count). The molecule has 0 unspecified atom stereocenters. The molecule has 9 amide bonds. The molecule has 0 aromatic heterocycles. The molecule has 70 heavy (non-hydrogen) atoms. The lowest BCUT2D eigenvalue weighted by atomic mass is 9.96. The number of aldehydes is 1. The van der Waals surface area contributed by atoms with Crippen LogP contribution in [0.25, 0.3) is 0 Å². The summed E-state index contributed by atoms with van der Waals surface area (Å²) < 4.78 is 0. The second kappa shape index (κ2) is 31.9. The summed E-state index contributed by atoms with van der Waals surface area (Å²) in [6.07, 6.45) is 1.46. The van der Waals surface area contributed by atoms with Crippen LogP contribution in [-0.2, 0) is 59.2 Å². The second-order valence-corrected chi connectivity index (χ2v) is 18.6. The lowest BCUT2D eigenvalue weighted by Gasteiger charge is -2.30. The first-order valence-electron chi connectivity index (χ1n) is 23.2. The van der Waals surface area contributed by atoms with Gasteiger partial charge in [-0.1, -0.05) is 84.7 Å². The fraction of sp³-hybridized carbons (Fsp3) is 0.630. The molecule has 0 saturated carbocycles. The number of carboxylic acids is 1. The van der Waals surface area contributed by atoms with E-state index in [4.69, 9.17) is 11.5 Å². The summed E-state index contributed by atoms with van der Waals surface area (Å²) >= 11 is 1.48. The van der Waals surface area contributed by atoms with Crippen molar-refractivity contribution in [2.75, 3.05) is 18.6 Å². The summed E-state index contributed by atoms with van der Waals surface area (Å²) in [5.41, 5.74) is 12.1. The molecular weight excluding hydrogens is 933 g/mol. The first-order chi connectivity index (χ1) is 32.9. The monoisotopic (exact) mass is 1010 g/mol. The van der Waals surface area contributed by atoms with Crippen molar-refractivity contribution in [2.45, 2.75) is 148 Å². The summed E-state index contributed by atoms with van der Waals surface area (Å²) in [4.78, 5) is 144. The molecule has 1 aromatic rings. The van der Waals surface area contributed by atoms with Crippen LogP contribution in [0.4, 0.5) is 0 Å². The number of aliphatic hydroxyl groups is 1. The van der Waals surface area contributed by atoms with Crippen molar-refractivity contribution >= 4 is 77.2 Å². The highest BCUT2D eigenvalue weighted by Crippen LogP contribution is 2.14. The van der Waals surface area contributed by atoms with E-state index in [1.54, 1.807) is 71.9 Å². The Morgan fingerprint density at radius 3 is 1.53 bits per heavy atom. The number of carbonyl (C=O) groups excluding carboxylic acids is 10. The molecule has 24 heteroatoms. The van der Waals surface area contributed by atoms with Crippen molar-refractivity contribution < 1.29 is 63.0 Å². The van der Waals surface area contributed by atoms with Gasteiger partial charge >= 0.3 is 5.97 Å². The number of primary amides is 1. The average Bonchev–Trinajstić information content (AvgIpc) is 3.31. The van der Waals surface area contributed by atoms with Gasteiger partial charge in [0.15, 0.2) is 0 Å². The zero-order valence-corrected chi connectivity index (χ0v) is 42.0. The maximum atomic E-state index is 13.9. The lowest BCUT2D eigenvalue weighted by molar-refractivity contribution is -0.142. The Balaban J connectivity index is 3.40. The standard InChI is InChI=1S/C46H74N10O13S/c1-9-25(5)37(45(68)52-30(18-24(3)4)40(63)49-27(7)22-57)55-43(66)32(20-35(48)59)51-42(65)33(21-36(60)61)53-46(69)38(26(6)10-2)56-44(67)34(23-58)54-41(64)31(19-28-14-12-11-13-15-28)50-39(62)29(47)16-17-70-8/h11-15,22,24-27,29-34,37-38,58H,9-10,16-21,23,47H2,1-8H3,(H2,48,59)(H,49,63)(H,50,62)(H,51,65)(H,52,68)(H,53,69)(H,54,64)(H,55,66)(H,56,67)(H,60,61)/t25-,26-,27-,29-,30-,31-,32-,33-,34-,37-,38-/m0/s1. The van der Waals surface area contributed by atoms with Crippen LogP contribution in [0.5, 0.6) is 0 Å². The van der Waals surface area contributed by atoms with Gasteiger partial charge in [-0.25, -0.2) is 0 Å². The third-order valence-electron chi connectivity index (χ3n) is 11.3.